The standard InChI is InChI=1S/C8H13N3O/c1-3-12-5-4-11-8(9)7(2)6-10-11/h4-6H,3,9H2,1-2H3/b5-4+. The molecule has 0 bridgehead atoms. The predicted octanol–water partition coefficient (Wildman–Crippen LogP) is 1.24. The highest BCUT2D eigenvalue weighted by Gasteiger charge is 1.98. The average molecular weight is 167 g/mol. The fourth-order valence-electron chi connectivity index (χ4n) is 0.774. The van der Waals surface area contributed by atoms with Crippen molar-refractivity contribution < 1.29 is 4.74 Å². The van der Waals surface area contributed by atoms with Crippen LogP contribution in [-0.4, -0.2) is 16.4 Å². The number of nitrogens with zero attached hydrogens (tertiary/aromatic N) is 2. The highest BCUT2D eigenvalue weighted by molar-refractivity contribution is 5.43. The molecule has 0 saturated carbocycles. The van der Waals surface area contributed by atoms with E-state index in [1.165, 1.54) is 0 Å². The normalized spacial score (nSPS) is 10.8. The van der Waals surface area contributed by atoms with Gasteiger partial charge in [-0.2, -0.15) is 5.10 Å². The Balaban J connectivity index is 2.69. The van der Waals surface area contributed by atoms with Gasteiger partial charge in [0.2, 0.25) is 0 Å². The zero-order valence-corrected chi connectivity index (χ0v) is 7.32. The fourth-order valence-corrected chi connectivity index (χ4v) is 0.774. The van der Waals surface area contributed by atoms with Gasteiger partial charge in [-0.1, -0.05) is 0 Å². The number of hydrogen-bond donors (Lipinski definition) is 1. The topological polar surface area (TPSA) is 53.1 Å². The van der Waals surface area contributed by atoms with Gasteiger partial charge in [0.25, 0.3) is 0 Å². The van der Waals surface area contributed by atoms with E-state index in [4.69, 9.17) is 10.5 Å². The predicted molar refractivity (Wildman–Crippen MR) is 48.3 cm³/mol. The van der Waals surface area contributed by atoms with Gasteiger partial charge in [-0.3, -0.25) is 0 Å². The van der Waals surface area contributed by atoms with E-state index in [1.807, 2.05) is 13.8 Å². The lowest BCUT2D eigenvalue weighted by molar-refractivity contribution is 0.271. The minimum absolute atomic E-state index is 0.644. The molecular weight excluding hydrogens is 154 g/mol. The Bertz CT molecular complexity index is 278. The van der Waals surface area contributed by atoms with Crippen LogP contribution in [0.25, 0.3) is 6.20 Å². The molecule has 0 atom stereocenters. The smallest absolute Gasteiger partial charge is 0.129 e. The lowest BCUT2D eigenvalue weighted by Gasteiger charge is -1.96. The van der Waals surface area contributed by atoms with Crippen LogP contribution in [-0.2, 0) is 4.74 Å². The van der Waals surface area contributed by atoms with E-state index < -0.39 is 0 Å². The number of ether oxygens (including phenoxy) is 1. The first-order chi connectivity index (χ1) is 5.75. The van der Waals surface area contributed by atoms with Gasteiger partial charge in [0.15, 0.2) is 0 Å². The second-order valence-corrected chi connectivity index (χ2v) is 2.40. The Labute approximate surface area is 71.6 Å². The Hall–Kier alpha value is -1.45. The molecule has 0 aromatic carbocycles. The molecule has 4 heteroatoms. The first-order valence-electron chi connectivity index (χ1n) is 3.83. The van der Waals surface area contributed by atoms with Gasteiger partial charge >= 0.3 is 0 Å². The van der Waals surface area contributed by atoms with Crippen molar-refractivity contribution in [1.29, 1.82) is 0 Å². The van der Waals surface area contributed by atoms with E-state index in [2.05, 4.69) is 5.10 Å². The summed E-state index contributed by atoms with van der Waals surface area (Å²) in [5, 5.41) is 4.01. The molecule has 1 aromatic rings. The third kappa shape index (κ3) is 1.78. The van der Waals surface area contributed by atoms with E-state index in [0.29, 0.717) is 12.4 Å². The molecule has 4 nitrogen and oxygen atoms in total. The molecule has 0 spiro atoms. The van der Waals surface area contributed by atoms with Crippen molar-refractivity contribution in [3.63, 3.8) is 0 Å². The number of aromatic nitrogens is 2. The van der Waals surface area contributed by atoms with Gasteiger partial charge in [-0.15, -0.1) is 0 Å². The minimum atomic E-state index is 0.644. The van der Waals surface area contributed by atoms with E-state index in [-0.39, 0.29) is 0 Å². The molecule has 0 radical (unpaired) electrons. The Morgan fingerprint density at radius 3 is 3.00 bits per heavy atom. The second-order valence-electron chi connectivity index (χ2n) is 2.40. The van der Waals surface area contributed by atoms with Crippen LogP contribution in [0.2, 0.25) is 0 Å². The summed E-state index contributed by atoms with van der Waals surface area (Å²) in [5.41, 5.74) is 6.65. The summed E-state index contributed by atoms with van der Waals surface area (Å²) in [5.74, 6) is 0.644. The maximum Gasteiger partial charge on any atom is 0.129 e. The third-order valence-corrected chi connectivity index (χ3v) is 1.49. The first-order valence-corrected chi connectivity index (χ1v) is 3.83. The SMILES string of the molecule is CCO/C=C/n1ncc(C)c1N. The molecule has 1 rings (SSSR count). The Morgan fingerprint density at radius 2 is 2.50 bits per heavy atom. The fraction of sp³-hybridized carbons (Fsp3) is 0.375. The van der Waals surface area contributed by atoms with E-state index in [9.17, 15) is 0 Å². The quantitative estimate of drug-likeness (QED) is 0.689. The molecule has 0 aliphatic heterocycles. The van der Waals surface area contributed by atoms with Gasteiger partial charge in [-0.25, -0.2) is 4.68 Å². The molecule has 1 heterocycles. The van der Waals surface area contributed by atoms with Crippen LogP contribution < -0.4 is 5.73 Å². The van der Waals surface area contributed by atoms with Crippen LogP contribution in [0, 0.1) is 6.92 Å². The minimum Gasteiger partial charge on any atom is -0.500 e. The molecule has 0 aliphatic carbocycles. The van der Waals surface area contributed by atoms with Crippen molar-refractivity contribution in [3.05, 3.63) is 18.0 Å². The lowest BCUT2D eigenvalue weighted by atomic mass is 10.4. The van der Waals surface area contributed by atoms with Gasteiger partial charge in [0, 0.05) is 5.56 Å². The van der Waals surface area contributed by atoms with Crippen LogP contribution in [0.3, 0.4) is 0 Å². The van der Waals surface area contributed by atoms with Crippen LogP contribution in [0.4, 0.5) is 5.82 Å². The third-order valence-electron chi connectivity index (χ3n) is 1.49. The monoisotopic (exact) mass is 167 g/mol. The molecule has 0 saturated heterocycles. The zero-order chi connectivity index (χ0) is 8.97. The van der Waals surface area contributed by atoms with Gasteiger partial charge < -0.3 is 10.5 Å². The number of aryl methyl sites for hydroxylation is 1. The maximum atomic E-state index is 5.68. The molecule has 0 fully saturated rings. The molecule has 0 amide bonds. The van der Waals surface area contributed by atoms with Crippen LogP contribution in [0.1, 0.15) is 12.5 Å². The largest absolute Gasteiger partial charge is 0.500 e. The summed E-state index contributed by atoms with van der Waals surface area (Å²) in [7, 11) is 0. The van der Waals surface area contributed by atoms with E-state index in [1.54, 1.807) is 23.3 Å². The Kier molecular flexibility index (Phi) is 2.74. The molecule has 2 N–H and O–H groups in total. The summed E-state index contributed by atoms with van der Waals surface area (Å²) in [6.07, 6.45) is 4.97. The van der Waals surface area contributed by atoms with E-state index >= 15 is 0 Å². The van der Waals surface area contributed by atoms with Crippen molar-refractivity contribution in [2.75, 3.05) is 12.3 Å². The van der Waals surface area contributed by atoms with Crippen molar-refractivity contribution in [3.8, 4) is 0 Å². The van der Waals surface area contributed by atoms with Crippen molar-refractivity contribution in [1.82, 2.24) is 9.78 Å². The zero-order valence-electron chi connectivity index (χ0n) is 7.32. The van der Waals surface area contributed by atoms with Crippen LogP contribution in [0.15, 0.2) is 12.5 Å². The molecule has 66 valence electrons. The van der Waals surface area contributed by atoms with Crippen LogP contribution >= 0.6 is 0 Å². The van der Waals surface area contributed by atoms with Crippen LogP contribution in [0.5, 0.6) is 0 Å². The highest BCUT2D eigenvalue weighted by atomic mass is 16.5. The van der Waals surface area contributed by atoms with Crippen molar-refractivity contribution >= 4 is 12.0 Å². The average Bonchev–Trinajstić information content (AvgIpc) is 2.36. The summed E-state index contributed by atoms with van der Waals surface area (Å²) < 4.78 is 6.58. The number of nitrogen functional groups attached to an aromatic ring is 1. The molecule has 0 unspecified atom stereocenters. The summed E-state index contributed by atoms with van der Waals surface area (Å²) in [6, 6.07) is 0. The summed E-state index contributed by atoms with van der Waals surface area (Å²) >= 11 is 0. The Morgan fingerprint density at radius 1 is 1.75 bits per heavy atom. The highest BCUT2D eigenvalue weighted by Crippen LogP contribution is 2.08. The molecular formula is C8H13N3O. The molecule has 1 aromatic heterocycles. The first kappa shape index (κ1) is 8.64. The lowest BCUT2D eigenvalue weighted by Crippen LogP contribution is -1.97. The van der Waals surface area contributed by atoms with E-state index in [0.717, 1.165) is 5.56 Å². The number of hydrogen-bond acceptors (Lipinski definition) is 3. The number of anilines is 1. The molecule has 12 heavy (non-hydrogen) atoms. The maximum absolute atomic E-state index is 5.68. The number of nitrogens with two attached hydrogens (primary N) is 1. The number of rotatable bonds is 3. The summed E-state index contributed by atoms with van der Waals surface area (Å²) in [6.45, 7) is 4.48. The van der Waals surface area contributed by atoms with Gasteiger partial charge in [0.05, 0.1) is 19.0 Å². The summed E-state index contributed by atoms with van der Waals surface area (Å²) in [4.78, 5) is 0. The van der Waals surface area contributed by atoms with Crippen molar-refractivity contribution in [2.24, 2.45) is 0 Å². The van der Waals surface area contributed by atoms with Gasteiger partial charge in [-0.05, 0) is 13.8 Å². The van der Waals surface area contributed by atoms with Gasteiger partial charge in [0.1, 0.15) is 12.1 Å². The molecule has 0 aliphatic rings. The second kappa shape index (κ2) is 3.80. The van der Waals surface area contributed by atoms with Crippen molar-refractivity contribution in [2.45, 2.75) is 13.8 Å².